The van der Waals surface area contributed by atoms with Gasteiger partial charge in [0.15, 0.2) is 0 Å². The normalized spacial score (nSPS) is 18.7. The number of hydrogen-bond acceptors (Lipinski definition) is 6. The van der Waals surface area contributed by atoms with E-state index in [2.05, 4.69) is 86.2 Å². The Bertz CT molecular complexity index is 1710. The van der Waals surface area contributed by atoms with E-state index in [9.17, 15) is 4.79 Å². The predicted octanol–water partition coefficient (Wildman–Crippen LogP) is 7.90. The number of aryl methyl sites for hydroxylation is 2. The second kappa shape index (κ2) is 12.4. The van der Waals surface area contributed by atoms with Gasteiger partial charge in [-0.3, -0.25) is 4.79 Å². The van der Waals surface area contributed by atoms with E-state index < -0.39 is 0 Å². The van der Waals surface area contributed by atoms with Crippen molar-refractivity contribution in [1.82, 2.24) is 15.1 Å². The molecular formula is C37H41BrN4O3. The van der Waals surface area contributed by atoms with E-state index in [1.165, 1.54) is 17.5 Å². The average molecular weight is 670 g/mol. The molecule has 7 rings (SSSR count). The van der Waals surface area contributed by atoms with Crippen LogP contribution in [0.25, 0.3) is 22.6 Å². The number of likely N-dealkylation sites (tertiary alicyclic amines) is 1. The van der Waals surface area contributed by atoms with Gasteiger partial charge in [-0.05, 0) is 124 Å². The summed E-state index contributed by atoms with van der Waals surface area (Å²) in [5, 5.41) is 9.03. The lowest BCUT2D eigenvalue weighted by Crippen LogP contribution is -2.44. The Balaban J connectivity index is 1.16. The highest BCUT2D eigenvalue weighted by Crippen LogP contribution is 2.50. The molecule has 4 aromatic rings. The molecule has 1 saturated heterocycles. The van der Waals surface area contributed by atoms with Crippen molar-refractivity contribution < 1.29 is 13.9 Å². The van der Waals surface area contributed by atoms with E-state index in [1.54, 1.807) is 6.92 Å². The number of rotatable bonds is 8. The van der Waals surface area contributed by atoms with Crippen molar-refractivity contribution in [2.75, 3.05) is 36.5 Å². The quantitative estimate of drug-likeness (QED) is 0.178. The lowest BCUT2D eigenvalue weighted by atomic mass is 9.74. The maximum absolute atomic E-state index is 14.3. The summed E-state index contributed by atoms with van der Waals surface area (Å²) >= 11 is 3.62. The molecule has 234 valence electrons. The molecule has 7 nitrogen and oxygen atoms in total. The molecule has 45 heavy (non-hydrogen) atoms. The number of amides is 1. The molecule has 3 aliphatic rings. The van der Waals surface area contributed by atoms with Gasteiger partial charge in [0.25, 0.3) is 5.91 Å². The van der Waals surface area contributed by atoms with Gasteiger partial charge in [0, 0.05) is 46.1 Å². The van der Waals surface area contributed by atoms with Crippen LogP contribution in [-0.2, 0) is 11.8 Å². The molecule has 1 atom stereocenters. The van der Waals surface area contributed by atoms with E-state index in [-0.39, 0.29) is 17.4 Å². The van der Waals surface area contributed by atoms with E-state index in [0.29, 0.717) is 17.3 Å². The lowest BCUT2D eigenvalue weighted by Gasteiger charge is -2.38. The molecular weight excluding hydrogens is 628 g/mol. The fourth-order valence-electron chi connectivity index (χ4n) is 7.59. The zero-order valence-corrected chi connectivity index (χ0v) is 28.0. The number of benzene rings is 3. The molecule has 3 aromatic carbocycles. The zero-order chi connectivity index (χ0) is 31.1. The van der Waals surface area contributed by atoms with Crippen LogP contribution in [0.3, 0.4) is 0 Å². The smallest absolute Gasteiger partial charge is 0.258 e. The minimum Gasteiger partial charge on any atom is -0.492 e. The van der Waals surface area contributed by atoms with Crippen LogP contribution in [0.1, 0.15) is 72.0 Å². The first-order valence-corrected chi connectivity index (χ1v) is 17.4. The summed E-state index contributed by atoms with van der Waals surface area (Å²) in [5.41, 5.74) is 8.56. The predicted molar refractivity (Wildman–Crippen MR) is 182 cm³/mol. The molecule has 0 radical (unpaired) electrons. The van der Waals surface area contributed by atoms with Crippen molar-refractivity contribution in [3.63, 3.8) is 0 Å². The largest absolute Gasteiger partial charge is 0.492 e. The molecule has 1 amide bonds. The highest BCUT2D eigenvalue weighted by Gasteiger charge is 2.45. The topological polar surface area (TPSA) is 71.7 Å². The van der Waals surface area contributed by atoms with Crippen molar-refractivity contribution in [3.05, 3.63) is 82.7 Å². The number of ether oxygens (including phenoxy) is 1. The Morgan fingerprint density at radius 1 is 1.02 bits per heavy atom. The van der Waals surface area contributed by atoms with Gasteiger partial charge in [-0.2, -0.15) is 0 Å². The Morgan fingerprint density at radius 3 is 2.49 bits per heavy atom. The molecule has 0 bridgehead atoms. The fraction of sp³-hybridized carbons (Fsp3) is 0.432. The lowest BCUT2D eigenvalue weighted by molar-refractivity contribution is 0.0978. The maximum atomic E-state index is 14.3. The molecule has 1 spiro atoms. The SMILES string of the molecule is CCCN1CCC2(CC1)COc1cc3c(cc12)N(C(=O)c1ccc(-c2ccc(-c4nnc(C)o4)cc2C)cc1)C(CCCBr)C3. The minimum atomic E-state index is 0.0503. The van der Waals surface area contributed by atoms with Crippen LogP contribution >= 0.6 is 15.9 Å². The monoisotopic (exact) mass is 668 g/mol. The van der Waals surface area contributed by atoms with Gasteiger partial charge in [-0.15, -0.1) is 10.2 Å². The van der Waals surface area contributed by atoms with Gasteiger partial charge in [0.2, 0.25) is 11.8 Å². The van der Waals surface area contributed by atoms with Gasteiger partial charge in [-0.25, -0.2) is 0 Å². The Hall–Kier alpha value is -3.49. The summed E-state index contributed by atoms with van der Waals surface area (Å²) in [5.74, 6) is 2.18. The van der Waals surface area contributed by atoms with E-state index in [0.717, 1.165) is 97.4 Å². The van der Waals surface area contributed by atoms with Crippen LogP contribution in [-0.4, -0.2) is 58.6 Å². The standard InChI is InChI=1S/C37H41BrN4O3/c1-4-16-41-17-13-37(14-18-41)23-44-34-21-29-20-30(6-5-15-38)42(33(29)22-32(34)37)36(43)27-9-7-26(8-10-27)31-12-11-28(19-24(31)2)35-40-39-25(3)45-35/h7-12,19,21-22,30H,4-6,13-18,20,23H2,1-3H3. The first-order valence-electron chi connectivity index (χ1n) is 16.3. The molecule has 0 aliphatic carbocycles. The van der Waals surface area contributed by atoms with Gasteiger partial charge < -0.3 is 19.0 Å². The number of hydrogen-bond donors (Lipinski definition) is 0. The number of anilines is 1. The van der Waals surface area contributed by atoms with Gasteiger partial charge in [0.05, 0.1) is 6.61 Å². The number of aromatic nitrogens is 2. The molecule has 8 heteroatoms. The van der Waals surface area contributed by atoms with Crippen LogP contribution in [0.2, 0.25) is 0 Å². The second-order valence-electron chi connectivity index (χ2n) is 13.0. The van der Waals surface area contributed by atoms with Crippen LogP contribution in [0.15, 0.2) is 59.0 Å². The zero-order valence-electron chi connectivity index (χ0n) is 26.4. The molecule has 1 fully saturated rings. The highest BCUT2D eigenvalue weighted by atomic mass is 79.9. The second-order valence-corrected chi connectivity index (χ2v) is 13.8. The van der Waals surface area contributed by atoms with Gasteiger partial charge >= 0.3 is 0 Å². The van der Waals surface area contributed by atoms with E-state index >= 15 is 0 Å². The molecule has 1 unspecified atom stereocenters. The van der Waals surface area contributed by atoms with Crippen LogP contribution in [0.4, 0.5) is 5.69 Å². The van der Waals surface area contributed by atoms with Crippen LogP contribution in [0.5, 0.6) is 5.75 Å². The Morgan fingerprint density at radius 2 is 1.80 bits per heavy atom. The summed E-state index contributed by atoms with van der Waals surface area (Å²) in [6, 6.07) is 18.9. The van der Waals surface area contributed by atoms with Gasteiger partial charge in [-0.1, -0.05) is 41.1 Å². The van der Waals surface area contributed by atoms with Crippen molar-refractivity contribution in [1.29, 1.82) is 0 Å². The summed E-state index contributed by atoms with van der Waals surface area (Å²) in [6.45, 7) is 10.3. The van der Waals surface area contributed by atoms with Crippen LogP contribution in [0, 0.1) is 13.8 Å². The van der Waals surface area contributed by atoms with E-state index in [1.807, 2.05) is 18.2 Å². The number of piperidine rings is 1. The number of nitrogens with zero attached hydrogens (tertiary/aromatic N) is 4. The number of carbonyl (C=O) groups is 1. The number of halogens is 1. The third-order valence-corrected chi connectivity index (χ3v) is 10.6. The molecule has 0 N–H and O–H groups in total. The van der Waals surface area contributed by atoms with Crippen molar-refractivity contribution >= 4 is 27.5 Å². The molecule has 1 aromatic heterocycles. The Labute approximate surface area is 274 Å². The summed E-state index contributed by atoms with van der Waals surface area (Å²) in [6.07, 6.45) is 6.25. The minimum absolute atomic E-state index is 0.0503. The van der Waals surface area contributed by atoms with Crippen LogP contribution < -0.4 is 9.64 Å². The third-order valence-electron chi connectivity index (χ3n) is 10.0. The average Bonchev–Trinajstić information content (AvgIpc) is 3.75. The highest BCUT2D eigenvalue weighted by molar-refractivity contribution is 9.09. The fourth-order valence-corrected chi connectivity index (χ4v) is 7.91. The first-order chi connectivity index (χ1) is 21.9. The van der Waals surface area contributed by atoms with Gasteiger partial charge in [0.1, 0.15) is 5.75 Å². The Kier molecular flexibility index (Phi) is 8.29. The van der Waals surface area contributed by atoms with Crippen molar-refractivity contribution in [2.45, 2.75) is 70.8 Å². The number of carbonyl (C=O) groups excluding carboxylic acids is 1. The third kappa shape index (κ3) is 5.61. The first kappa shape index (κ1) is 30.2. The molecule has 0 saturated carbocycles. The van der Waals surface area contributed by atoms with Crippen molar-refractivity contribution in [3.8, 4) is 28.3 Å². The maximum Gasteiger partial charge on any atom is 0.258 e. The molecule has 3 aliphatic heterocycles. The van der Waals surface area contributed by atoms with E-state index in [4.69, 9.17) is 9.15 Å². The van der Waals surface area contributed by atoms with Crippen molar-refractivity contribution in [2.24, 2.45) is 0 Å². The summed E-state index contributed by atoms with van der Waals surface area (Å²) < 4.78 is 12.0. The number of alkyl halides is 1. The number of fused-ring (bicyclic) bond motifs is 3. The molecule has 4 heterocycles. The summed E-state index contributed by atoms with van der Waals surface area (Å²) in [4.78, 5) is 19.0. The summed E-state index contributed by atoms with van der Waals surface area (Å²) in [7, 11) is 0.